The SMILES string of the molecule is Cc1ccc(-c2csc3ncn(CCC(=O)NCC(=O)Nc4ccccc4)c(=O)c23)cc1. The summed E-state index contributed by atoms with van der Waals surface area (Å²) in [6.45, 7) is 2.06. The fourth-order valence-electron chi connectivity index (χ4n) is 3.29. The molecule has 7 nitrogen and oxygen atoms in total. The Hall–Kier alpha value is -3.78. The van der Waals surface area contributed by atoms with Gasteiger partial charge in [0.25, 0.3) is 5.56 Å². The van der Waals surface area contributed by atoms with Crippen LogP contribution < -0.4 is 16.2 Å². The molecule has 0 aliphatic rings. The lowest BCUT2D eigenvalue weighted by molar-refractivity contribution is -0.124. The van der Waals surface area contributed by atoms with E-state index in [1.165, 1.54) is 22.2 Å². The Kier molecular flexibility index (Phi) is 6.42. The van der Waals surface area contributed by atoms with Crippen LogP contribution in [0.15, 0.2) is 71.1 Å². The highest BCUT2D eigenvalue weighted by Gasteiger charge is 2.14. The summed E-state index contributed by atoms with van der Waals surface area (Å²) in [6.07, 6.45) is 1.53. The number of carbonyl (C=O) groups excluding carboxylic acids is 2. The number of aryl methyl sites for hydroxylation is 2. The van der Waals surface area contributed by atoms with Crippen molar-refractivity contribution in [1.29, 1.82) is 0 Å². The van der Waals surface area contributed by atoms with Crippen molar-refractivity contribution < 1.29 is 9.59 Å². The largest absolute Gasteiger partial charge is 0.347 e. The zero-order valence-corrected chi connectivity index (χ0v) is 18.3. The average molecular weight is 447 g/mol. The van der Waals surface area contributed by atoms with Gasteiger partial charge in [0.1, 0.15) is 4.83 Å². The van der Waals surface area contributed by atoms with Gasteiger partial charge in [0, 0.05) is 29.6 Å². The molecule has 0 saturated heterocycles. The lowest BCUT2D eigenvalue weighted by Gasteiger charge is -2.08. The van der Waals surface area contributed by atoms with Gasteiger partial charge in [0.15, 0.2) is 0 Å². The number of hydrogen-bond acceptors (Lipinski definition) is 5. The van der Waals surface area contributed by atoms with Crippen molar-refractivity contribution in [2.75, 3.05) is 11.9 Å². The Morgan fingerprint density at radius 1 is 1.03 bits per heavy atom. The highest BCUT2D eigenvalue weighted by atomic mass is 32.1. The van der Waals surface area contributed by atoms with Crippen LogP contribution in [0.25, 0.3) is 21.3 Å². The Balaban J connectivity index is 1.40. The van der Waals surface area contributed by atoms with Crippen LogP contribution in [0.4, 0.5) is 5.69 Å². The summed E-state index contributed by atoms with van der Waals surface area (Å²) in [4.78, 5) is 42.3. The first kappa shape index (κ1) is 21.5. The number of aromatic nitrogens is 2. The molecule has 0 unspecified atom stereocenters. The Morgan fingerprint density at radius 3 is 2.53 bits per heavy atom. The van der Waals surface area contributed by atoms with Gasteiger partial charge in [-0.15, -0.1) is 11.3 Å². The molecule has 4 rings (SSSR count). The summed E-state index contributed by atoms with van der Waals surface area (Å²) >= 11 is 1.42. The monoisotopic (exact) mass is 446 g/mol. The molecular weight excluding hydrogens is 424 g/mol. The fourth-order valence-corrected chi connectivity index (χ4v) is 4.19. The van der Waals surface area contributed by atoms with Crippen LogP contribution in [0.3, 0.4) is 0 Å². The van der Waals surface area contributed by atoms with E-state index in [4.69, 9.17) is 0 Å². The molecule has 0 fully saturated rings. The standard InChI is InChI=1S/C24H22N4O3S/c1-16-7-9-17(10-8-16)19-14-32-23-22(19)24(31)28(15-26-23)12-11-20(29)25-13-21(30)27-18-5-3-2-4-6-18/h2-10,14-15H,11-13H2,1H3,(H,25,29)(H,27,30). The highest BCUT2D eigenvalue weighted by Crippen LogP contribution is 2.30. The quantitative estimate of drug-likeness (QED) is 0.454. The van der Waals surface area contributed by atoms with Crippen molar-refractivity contribution in [3.05, 3.63) is 82.2 Å². The fraction of sp³-hybridized carbons (Fsp3) is 0.167. The van der Waals surface area contributed by atoms with Gasteiger partial charge in [-0.2, -0.15) is 0 Å². The number of amides is 2. The molecule has 4 aromatic rings. The third-order valence-electron chi connectivity index (χ3n) is 5.01. The Morgan fingerprint density at radius 2 is 1.78 bits per heavy atom. The average Bonchev–Trinajstić information content (AvgIpc) is 3.23. The maximum Gasteiger partial charge on any atom is 0.262 e. The first-order valence-electron chi connectivity index (χ1n) is 10.2. The van der Waals surface area contributed by atoms with E-state index in [2.05, 4.69) is 15.6 Å². The van der Waals surface area contributed by atoms with Gasteiger partial charge in [-0.3, -0.25) is 19.0 Å². The van der Waals surface area contributed by atoms with Crippen molar-refractivity contribution in [2.24, 2.45) is 0 Å². The number of carbonyl (C=O) groups is 2. The second-order valence-electron chi connectivity index (χ2n) is 7.38. The van der Waals surface area contributed by atoms with Crippen LogP contribution in [0.5, 0.6) is 0 Å². The molecule has 0 aliphatic heterocycles. The smallest absolute Gasteiger partial charge is 0.262 e. The molecule has 0 spiro atoms. The summed E-state index contributed by atoms with van der Waals surface area (Å²) < 4.78 is 1.44. The van der Waals surface area contributed by atoms with E-state index in [-0.39, 0.29) is 36.9 Å². The number of fused-ring (bicyclic) bond motifs is 1. The minimum Gasteiger partial charge on any atom is -0.347 e. The van der Waals surface area contributed by atoms with Crippen LogP contribution in [0.1, 0.15) is 12.0 Å². The van der Waals surface area contributed by atoms with Crippen LogP contribution >= 0.6 is 11.3 Å². The Bertz CT molecular complexity index is 1310. The van der Waals surface area contributed by atoms with Crippen LogP contribution in [0.2, 0.25) is 0 Å². The number of thiophene rings is 1. The lowest BCUT2D eigenvalue weighted by atomic mass is 10.1. The van der Waals surface area contributed by atoms with Crippen LogP contribution in [-0.4, -0.2) is 27.9 Å². The van der Waals surface area contributed by atoms with Crippen molar-refractivity contribution in [1.82, 2.24) is 14.9 Å². The van der Waals surface area contributed by atoms with E-state index in [9.17, 15) is 14.4 Å². The van der Waals surface area contributed by atoms with E-state index in [0.717, 1.165) is 16.7 Å². The molecular formula is C24H22N4O3S. The number of nitrogens with zero attached hydrogens (tertiary/aromatic N) is 2. The molecule has 32 heavy (non-hydrogen) atoms. The molecule has 162 valence electrons. The zero-order chi connectivity index (χ0) is 22.5. The van der Waals surface area contributed by atoms with Crippen molar-refractivity contribution in [3.63, 3.8) is 0 Å². The predicted octanol–water partition coefficient (Wildman–Crippen LogP) is 3.58. The molecule has 2 amide bonds. The molecule has 0 atom stereocenters. The van der Waals surface area contributed by atoms with Crippen LogP contribution in [0, 0.1) is 6.92 Å². The maximum absolute atomic E-state index is 13.1. The molecule has 0 radical (unpaired) electrons. The summed E-state index contributed by atoms with van der Waals surface area (Å²) in [7, 11) is 0. The maximum atomic E-state index is 13.1. The minimum atomic E-state index is -0.315. The van der Waals surface area contributed by atoms with Gasteiger partial charge in [0.05, 0.1) is 18.3 Å². The van der Waals surface area contributed by atoms with Crippen molar-refractivity contribution in [3.8, 4) is 11.1 Å². The number of para-hydroxylation sites is 1. The lowest BCUT2D eigenvalue weighted by Crippen LogP contribution is -2.34. The predicted molar refractivity (Wildman–Crippen MR) is 127 cm³/mol. The van der Waals surface area contributed by atoms with Gasteiger partial charge in [-0.1, -0.05) is 48.0 Å². The summed E-state index contributed by atoms with van der Waals surface area (Å²) in [5.41, 5.74) is 3.44. The number of benzene rings is 2. The molecule has 2 heterocycles. The van der Waals surface area contributed by atoms with E-state index in [1.54, 1.807) is 12.1 Å². The zero-order valence-electron chi connectivity index (χ0n) is 17.5. The third-order valence-corrected chi connectivity index (χ3v) is 5.89. The molecule has 0 saturated carbocycles. The highest BCUT2D eigenvalue weighted by molar-refractivity contribution is 7.17. The van der Waals surface area contributed by atoms with Crippen molar-refractivity contribution >= 4 is 39.1 Å². The number of nitrogens with one attached hydrogen (secondary N) is 2. The van der Waals surface area contributed by atoms with Crippen LogP contribution in [-0.2, 0) is 16.1 Å². The normalized spacial score (nSPS) is 10.8. The summed E-state index contributed by atoms with van der Waals surface area (Å²) in [5, 5.41) is 7.78. The van der Waals surface area contributed by atoms with Crippen molar-refractivity contribution in [2.45, 2.75) is 19.9 Å². The first-order valence-corrected chi connectivity index (χ1v) is 11.0. The minimum absolute atomic E-state index is 0.0652. The van der Waals surface area contributed by atoms with Gasteiger partial charge < -0.3 is 10.6 Å². The summed E-state index contributed by atoms with van der Waals surface area (Å²) in [6, 6.07) is 17.0. The second kappa shape index (κ2) is 9.57. The molecule has 2 N–H and O–H groups in total. The van der Waals surface area contributed by atoms with E-state index in [1.807, 2.05) is 54.8 Å². The van der Waals surface area contributed by atoms with Gasteiger partial charge in [-0.05, 0) is 24.6 Å². The van der Waals surface area contributed by atoms with Gasteiger partial charge >= 0.3 is 0 Å². The van der Waals surface area contributed by atoms with E-state index in [0.29, 0.717) is 15.9 Å². The molecule has 0 aliphatic carbocycles. The number of hydrogen-bond donors (Lipinski definition) is 2. The number of rotatable bonds is 7. The Labute approximate surface area is 188 Å². The van der Waals surface area contributed by atoms with E-state index >= 15 is 0 Å². The molecule has 8 heteroatoms. The molecule has 2 aromatic heterocycles. The second-order valence-corrected chi connectivity index (χ2v) is 8.24. The van der Waals surface area contributed by atoms with Gasteiger partial charge in [0.2, 0.25) is 11.8 Å². The third kappa shape index (κ3) is 4.92. The first-order chi connectivity index (χ1) is 15.5. The topological polar surface area (TPSA) is 93.1 Å². The molecule has 2 aromatic carbocycles. The molecule has 0 bridgehead atoms. The van der Waals surface area contributed by atoms with Gasteiger partial charge in [-0.25, -0.2) is 4.98 Å². The summed E-state index contributed by atoms with van der Waals surface area (Å²) in [5.74, 6) is -0.630. The van der Waals surface area contributed by atoms with E-state index < -0.39 is 0 Å². The number of anilines is 1.